The van der Waals surface area contributed by atoms with E-state index in [4.69, 9.17) is 4.42 Å². The van der Waals surface area contributed by atoms with Crippen molar-refractivity contribution in [3.63, 3.8) is 0 Å². The molecule has 1 aromatic heterocycles. The molecule has 1 aliphatic heterocycles. The maximum absolute atomic E-state index is 12.8. The molecule has 1 saturated heterocycles. The molecule has 1 N–H and O–H groups in total. The lowest BCUT2D eigenvalue weighted by Gasteiger charge is -2.31. The number of fused-ring (bicyclic) bond motifs is 1. The lowest BCUT2D eigenvalue weighted by molar-refractivity contribution is -0.131. The topological polar surface area (TPSA) is 92.5 Å². The van der Waals surface area contributed by atoms with E-state index in [1.807, 2.05) is 29.2 Å². The molecule has 0 radical (unpaired) electrons. The van der Waals surface area contributed by atoms with Gasteiger partial charge in [0.25, 0.3) is 0 Å². The molecule has 1 fully saturated rings. The van der Waals surface area contributed by atoms with E-state index < -0.39 is 10.0 Å². The van der Waals surface area contributed by atoms with Crippen LogP contribution in [0.25, 0.3) is 11.1 Å². The third-order valence-corrected chi connectivity index (χ3v) is 5.75. The van der Waals surface area contributed by atoms with Crippen LogP contribution in [0.1, 0.15) is 30.2 Å². The number of hydrogen-bond acceptors (Lipinski definition) is 5. The first-order valence-electron chi connectivity index (χ1n) is 9.58. The zero-order chi connectivity index (χ0) is 20.4. The zero-order valence-corrected chi connectivity index (χ0v) is 17.0. The van der Waals surface area contributed by atoms with Crippen molar-refractivity contribution < 1.29 is 17.6 Å². The molecule has 0 aliphatic carbocycles. The second-order valence-electron chi connectivity index (χ2n) is 7.38. The summed E-state index contributed by atoms with van der Waals surface area (Å²) in [6.45, 7) is 1.26. The number of piperidine rings is 1. The number of carbonyl (C=O) groups is 1. The summed E-state index contributed by atoms with van der Waals surface area (Å²) < 4.78 is 31.5. The summed E-state index contributed by atoms with van der Waals surface area (Å²) in [5.74, 6) is 0.926. The van der Waals surface area contributed by atoms with Gasteiger partial charge in [-0.3, -0.25) is 9.52 Å². The molecule has 1 amide bonds. The van der Waals surface area contributed by atoms with Crippen LogP contribution in [0.15, 0.2) is 52.9 Å². The van der Waals surface area contributed by atoms with Gasteiger partial charge in [0.15, 0.2) is 11.5 Å². The molecule has 4 rings (SSSR count). The van der Waals surface area contributed by atoms with Crippen molar-refractivity contribution in [2.75, 3.05) is 24.1 Å². The van der Waals surface area contributed by atoms with E-state index in [-0.39, 0.29) is 18.2 Å². The summed E-state index contributed by atoms with van der Waals surface area (Å²) >= 11 is 0. The minimum absolute atomic E-state index is 0.0104. The van der Waals surface area contributed by atoms with Crippen LogP contribution in [-0.2, 0) is 21.2 Å². The van der Waals surface area contributed by atoms with Gasteiger partial charge in [-0.15, -0.1) is 0 Å². The zero-order valence-electron chi connectivity index (χ0n) is 16.2. The van der Waals surface area contributed by atoms with Crippen LogP contribution in [0.3, 0.4) is 0 Å². The standard InChI is InChI=1S/C21H23N3O4S/c1-29(26,27)23-17-7-3-2-6-16(17)14-20(25)24-12-10-15(11-13-24)21-22-18-8-4-5-9-19(18)28-21/h2-9,15,23H,10-14H2,1H3. The van der Waals surface area contributed by atoms with Crippen LogP contribution >= 0.6 is 0 Å². The van der Waals surface area contributed by atoms with Crippen molar-refractivity contribution in [1.82, 2.24) is 9.88 Å². The van der Waals surface area contributed by atoms with Crippen molar-refractivity contribution in [1.29, 1.82) is 0 Å². The highest BCUT2D eigenvalue weighted by molar-refractivity contribution is 7.92. The Balaban J connectivity index is 1.39. The minimum Gasteiger partial charge on any atom is -0.440 e. The van der Waals surface area contributed by atoms with Gasteiger partial charge in [0.2, 0.25) is 15.9 Å². The molecule has 0 atom stereocenters. The van der Waals surface area contributed by atoms with Gasteiger partial charge in [0.05, 0.1) is 18.4 Å². The van der Waals surface area contributed by atoms with Crippen LogP contribution in [0.5, 0.6) is 0 Å². The highest BCUT2D eigenvalue weighted by Gasteiger charge is 2.27. The summed E-state index contributed by atoms with van der Waals surface area (Å²) in [5, 5.41) is 0. The maximum Gasteiger partial charge on any atom is 0.229 e. The molecule has 7 nitrogen and oxygen atoms in total. The molecule has 29 heavy (non-hydrogen) atoms. The van der Waals surface area contributed by atoms with E-state index in [9.17, 15) is 13.2 Å². The Morgan fingerprint density at radius 2 is 1.83 bits per heavy atom. The van der Waals surface area contributed by atoms with E-state index in [0.717, 1.165) is 36.1 Å². The largest absolute Gasteiger partial charge is 0.440 e. The Morgan fingerprint density at radius 3 is 2.55 bits per heavy atom. The quantitative estimate of drug-likeness (QED) is 0.694. The van der Waals surface area contributed by atoms with Gasteiger partial charge in [-0.05, 0) is 36.6 Å². The van der Waals surface area contributed by atoms with Gasteiger partial charge in [-0.1, -0.05) is 30.3 Å². The summed E-state index contributed by atoms with van der Waals surface area (Å²) in [7, 11) is -3.40. The van der Waals surface area contributed by atoms with Crippen LogP contribution in [0.4, 0.5) is 5.69 Å². The van der Waals surface area contributed by atoms with Crippen molar-refractivity contribution >= 4 is 32.7 Å². The van der Waals surface area contributed by atoms with Crippen LogP contribution in [0, 0.1) is 0 Å². The Labute approximate surface area is 169 Å². The van der Waals surface area contributed by atoms with E-state index in [1.165, 1.54) is 0 Å². The van der Waals surface area contributed by atoms with Gasteiger partial charge >= 0.3 is 0 Å². The van der Waals surface area contributed by atoms with E-state index in [0.29, 0.717) is 24.3 Å². The number of nitrogens with one attached hydrogen (secondary N) is 1. The molecule has 1 aliphatic rings. The van der Waals surface area contributed by atoms with E-state index in [2.05, 4.69) is 9.71 Å². The van der Waals surface area contributed by atoms with Gasteiger partial charge in [-0.25, -0.2) is 13.4 Å². The predicted molar refractivity (Wildman–Crippen MR) is 111 cm³/mol. The fourth-order valence-corrected chi connectivity index (χ4v) is 4.29. The maximum atomic E-state index is 12.8. The van der Waals surface area contributed by atoms with Crippen LogP contribution < -0.4 is 4.72 Å². The van der Waals surface area contributed by atoms with E-state index >= 15 is 0 Å². The monoisotopic (exact) mass is 413 g/mol. The number of nitrogens with zero attached hydrogens (tertiary/aromatic N) is 2. The SMILES string of the molecule is CS(=O)(=O)Nc1ccccc1CC(=O)N1CCC(c2nc3ccccc3o2)CC1. The summed E-state index contributed by atoms with van der Waals surface area (Å²) in [6.07, 6.45) is 2.85. The Morgan fingerprint density at radius 1 is 1.14 bits per heavy atom. The van der Waals surface area contributed by atoms with Crippen LogP contribution in [0.2, 0.25) is 0 Å². The molecule has 2 aromatic carbocycles. The van der Waals surface area contributed by atoms with Crippen molar-refractivity contribution in [3.8, 4) is 0 Å². The number of para-hydroxylation sites is 3. The lowest BCUT2D eigenvalue weighted by Crippen LogP contribution is -2.39. The minimum atomic E-state index is -3.40. The van der Waals surface area contributed by atoms with Gasteiger partial charge in [0.1, 0.15) is 5.52 Å². The summed E-state index contributed by atoms with van der Waals surface area (Å²) in [6, 6.07) is 14.7. The number of benzene rings is 2. The molecule has 2 heterocycles. The third kappa shape index (κ3) is 4.59. The second kappa shape index (κ2) is 7.87. The average Bonchev–Trinajstić information content (AvgIpc) is 3.13. The van der Waals surface area contributed by atoms with Gasteiger partial charge in [0, 0.05) is 19.0 Å². The second-order valence-corrected chi connectivity index (χ2v) is 9.13. The number of oxazole rings is 1. The van der Waals surface area contributed by atoms with Crippen molar-refractivity contribution in [2.45, 2.75) is 25.2 Å². The van der Waals surface area contributed by atoms with Crippen molar-refractivity contribution in [3.05, 3.63) is 60.0 Å². The molecular formula is C21H23N3O4S. The van der Waals surface area contributed by atoms with Gasteiger partial charge in [-0.2, -0.15) is 0 Å². The first-order chi connectivity index (χ1) is 13.9. The first kappa shape index (κ1) is 19.4. The number of likely N-dealkylation sites (tertiary alicyclic amines) is 1. The third-order valence-electron chi connectivity index (χ3n) is 5.16. The number of aromatic nitrogens is 1. The lowest BCUT2D eigenvalue weighted by atomic mass is 9.96. The molecule has 3 aromatic rings. The molecule has 0 saturated carbocycles. The number of anilines is 1. The number of sulfonamides is 1. The Kier molecular flexibility index (Phi) is 5.27. The number of carbonyl (C=O) groups excluding carboxylic acids is 1. The van der Waals surface area contributed by atoms with Crippen LogP contribution in [-0.4, -0.2) is 43.6 Å². The molecule has 8 heteroatoms. The number of rotatable bonds is 5. The smallest absolute Gasteiger partial charge is 0.229 e. The predicted octanol–water partition coefficient (Wildman–Crippen LogP) is 3.15. The number of amides is 1. The molecule has 152 valence electrons. The van der Waals surface area contributed by atoms with Crippen molar-refractivity contribution in [2.24, 2.45) is 0 Å². The summed E-state index contributed by atoms with van der Waals surface area (Å²) in [5.41, 5.74) is 2.76. The molecule has 0 unspecified atom stereocenters. The Bertz CT molecular complexity index is 1100. The molecule has 0 spiro atoms. The molecule has 0 bridgehead atoms. The fourth-order valence-electron chi connectivity index (χ4n) is 3.69. The molecular weight excluding hydrogens is 390 g/mol. The average molecular weight is 413 g/mol. The normalized spacial score (nSPS) is 15.6. The Hall–Kier alpha value is -2.87. The first-order valence-corrected chi connectivity index (χ1v) is 11.5. The highest BCUT2D eigenvalue weighted by Crippen LogP contribution is 2.30. The summed E-state index contributed by atoms with van der Waals surface area (Å²) in [4.78, 5) is 19.2. The number of hydrogen-bond donors (Lipinski definition) is 1. The van der Waals surface area contributed by atoms with E-state index in [1.54, 1.807) is 24.3 Å². The highest BCUT2D eigenvalue weighted by atomic mass is 32.2. The fraction of sp³-hybridized carbons (Fsp3) is 0.333. The van der Waals surface area contributed by atoms with Gasteiger partial charge < -0.3 is 9.32 Å².